The summed E-state index contributed by atoms with van der Waals surface area (Å²) in [7, 11) is -1.76. The monoisotopic (exact) mass is 478 g/mol. The zero-order valence-electron chi connectivity index (χ0n) is 20.1. The highest BCUT2D eigenvalue weighted by atomic mass is 16.7. The average molecular weight is 478 g/mol. The van der Waals surface area contributed by atoms with Crippen molar-refractivity contribution in [1.82, 2.24) is 21.4 Å². The highest BCUT2D eigenvalue weighted by molar-refractivity contribution is 6.43. The number of carbonyl (C=O) groups is 2. The van der Waals surface area contributed by atoms with Crippen LogP contribution in [0.4, 0.5) is 0 Å². The Labute approximate surface area is 199 Å². The van der Waals surface area contributed by atoms with E-state index in [1.54, 1.807) is 5.43 Å². The largest absolute Gasteiger partial charge is 0.475 e. The highest BCUT2D eigenvalue weighted by Gasteiger charge is 2.29. The van der Waals surface area contributed by atoms with Gasteiger partial charge in [-0.1, -0.05) is 43.0 Å². The minimum atomic E-state index is -1.76. The number of aryl methyl sites for hydroxylation is 2. The van der Waals surface area contributed by atoms with Crippen LogP contribution in [0, 0.1) is 35.3 Å². The Hall–Kier alpha value is -3.19. The molecule has 2 atom stereocenters. The first kappa shape index (κ1) is 28.8. The molecule has 12 nitrogen and oxygen atoms in total. The van der Waals surface area contributed by atoms with Crippen molar-refractivity contribution in [1.29, 1.82) is 5.41 Å². The van der Waals surface area contributed by atoms with E-state index in [0.29, 0.717) is 12.8 Å². The Morgan fingerprint density at radius 1 is 1.21 bits per heavy atom. The summed E-state index contributed by atoms with van der Waals surface area (Å²) in [5, 5.41) is 44.0. The summed E-state index contributed by atoms with van der Waals surface area (Å²) < 4.78 is 0. The van der Waals surface area contributed by atoms with Crippen LogP contribution in [-0.4, -0.2) is 58.5 Å². The van der Waals surface area contributed by atoms with Gasteiger partial charge in [-0.2, -0.15) is 0 Å². The summed E-state index contributed by atoms with van der Waals surface area (Å²) >= 11 is 0. The topological polar surface area (TPSA) is 190 Å². The Morgan fingerprint density at radius 2 is 1.88 bits per heavy atom. The van der Waals surface area contributed by atoms with Gasteiger partial charge in [0.25, 0.3) is 5.96 Å². The van der Waals surface area contributed by atoms with Gasteiger partial charge in [0.2, 0.25) is 11.8 Å². The molecule has 0 spiro atoms. The number of hydrazine groups is 1. The fourth-order valence-corrected chi connectivity index (χ4v) is 3.37. The van der Waals surface area contributed by atoms with E-state index >= 15 is 0 Å². The predicted molar refractivity (Wildman–Crippen MR) is 128 cm³/mol. The lowest BCUT2D eigenvalue weighted by Crippen LogP contribution is -2.54. The van der Waals surface area contributed by atoms with Gasteiger partial charge in [0, 0.05) is 6.54 Å². The number of nitrogens with zero attached hydrogens (tertiary/aromatic N) is 1. The van der Waals surface area contributed by atoms with Gasteiger partial charge in [-0.3, -0.25) is 15.0 Å². The summed E-state index contributed by atoms with van der Waals surface area (Å²) in [6.07, 6.45) is 0.877. The Morgan fingerprint density at radius 3 is 2.47 bits per heavy atom. The molecule has 7 N–H and O–H groups in total. The second-order valence-corrected chi connectivity index (χ2v) is 8.70. The maximum absolute atomic E-state index is 12.9. The zero-order valence-corrected chi connectivity index (χ0v) is 20.1. The molecule has 0 aliphatic rings. The van der Waals surface area contributed by atoms with Crippen molar-refractivity contribution in [3.63, 3.8) is 0 Å². The van der Waals surface area contributed by atoms with Gasteiger partial charge in [0.05, 0.1) is 12.4 Å². The van der Waals surface area contributed by atoms with Crippen LogP contribution in [0.5, 0.6) is 0 Å². The van der Waals surface area contributed by atoms with E-state index in [1.807, 2.05) is 45.9 Å². The molecule has 0 aliphatic carbocycles. The third-order valence-electron chi connectivity index (χ3n) is 5.09. The van der Waals surface area contributed by atoms with Gasteiger partial charge in [0.15, 0.2) is 5.03 Å². The Bertz CT molecular complexity index is 866. The summed E-state index contributed by atoms with van der Waals surface area (Å²) in [6, 6.07) is 4.80. The Balaban J connectivity index is 2.85. The minimum absolute atomic E-state index is 0.0744. The van der Waals surface area contributed by atoms with Gasteiger partial charge in [0.1, 0.15) is 6.04 Å². The average Bonchev–Trinajstić information content (AvgIpc) is 2.71. The normalized spacial score (nSPS) is 12.4. The van der Waals surface area contributed by atoms with Crippen LogP contribution in [0.2, 0.25) is 0 Å². The first-order valence-electron chi connectivity index (χ1n) is 11.1. The van der Waals surface area contributed by atoms with Crippen molar-refractivity contribution in [2.24, 2.45) is 5.92 Å². The molecule has 0 bridgehead atoms. The molecule has 34 heavy (non-hydrogen) atoms. The fourth-order valence-electron chi connectivity index (χ4n) is 3.37. The van der Waals surface area contributed by atoms with Crippen molar-refractivity contribution < 1.29 is 24.7 Å². The van der Waals surface area contributed by atoms with Crippen LogP contribution in [0.15, 0.2) is 18.2 Å². The third-order valence-corrected chi connectivity index (χ3v) is 5.09. The lowest BCUT2D eigenvalue weighted by molar-refractivity contribution is -0.525. The number of rotatable bonds is 13. The van der Waals surface area contributed by atoms with E-state index < -0.39 is 36.0 Å². The van der Waals surface area contributed by atoms with Crippen LogP contribution in [0.25, 0.3) is 0 Å². The molecular weight excluding hydrogens is 443 g/mol. The first-order chi connectivity index (χ1) is 15.9. The van der Waals surface area contributed by atoms with Crippen LogP contribution in [0.1, 0.15) is 49.8 Å². The molecule has 2 amide bonds. The number of carbonyl (C=O) groups excluding carboxylic acids is 2. The number of hydrogen-bond acceptors (Lipinski definition) is 7. The number of benzene rings is 1. The number of guanidine groups is 1. The molecule has 0 unspecified atom stereocenters. The molecule has 0 saturated heterocycles. The molecule has 0 heterocycles. The molecule has 0 saturated carbocycles. The maximum Gasteiger partial charge on any atom is 0.475 e. The smallest absolute Gasteiger partial charge is 0.426 e. The zero-order chi connectivity index (χ0) is 25.8. The molecule has 0 aromatic heterocycles. The number of amides is 2. The number of nitro groups is 1. The minimum Gasteiger partial charge on any atom is -0.426 e. The quantitative estimate of drug-likeness (QED) is 0.0513. The van der Waals surface area contributed by atoms with Crippen LogP contribution >= 0.6 is 0 Å². The molecular formula is C21H35BN6O6. The second kappa shape index (κ2) is 14.2. The van der Waals surface area contributed by atoms with Gasteiger partial charge >= 0.3 is 7.12 Å². The van der Waals surface area contributed by atoms with Crippen molar-refractivity contribution in [2.75, 3.05) is 6.54 Å². The highest BCUT2D eigenvalue weighted by Crippen LogP contribution is 2.12. The predicted octanol–water partition coefficient (Wildman–Crippen LogP) is -0.0405. The molecule has 0 radical (unpaired) electrons. The Kier molecular flexibility index (Phi) is 12.0. The van der Waals surface area contributed by atoms with Gasteiger partial charge in [-0.15, -0.1) is 0 Å². The summed E-state index contributed by atoms with van der Waals surface area (Å²) in [4.78, 5) is 36.0. The first-order valence-corrected chi connectivity index (χ1v) is 11.1. The van der Waals surface area contributed by atoms with E-state index in [-0.39, 0.29) is 31.2 Å². The van der Waals surface area contributed by atoms with Crippen molar-refractivity contribution >= 4 is 24.9 Å². The second-order valence-electron chi connectivity index (χ2n) is 8.70. The van der Waals surface area contributed by atoms with E-state index in [4.69, 9.17) is 5.41 Å². The van der Waals surface area contributed by atoms with E-state index in [0.717, 1.165) is 16.7 Å². The van der Waals surface area contributed by atoms with Crippen LogP contribution in [0.3, 0.4) is 0 Å². The molecule has 1 aromatic carbocycles. The van der Waals surface area contributed by atoms with E-state index in [1.165, 1.54) is 0 Å². The standard InChI is InChI=1S/C21H35BN6O6/c1-13(2)10-18(22(31)32)26-20(30)17(6-5-9-24-21(23)27-28(33)34)25-19(29)12-16-11-14(3)7-8-15(16)4/h7-8,11,13,17-18,31-32H,5-6,9-10,12H2,1-4H3,(H,25,29)(H,26,30)(H3,23,24,27)/t17-,18-/m0/s1. The molecule has 1 aromatic rings. The van der Waals surface area contributed by atoms with Crippen molar-refractivity contribution in [3.8, 4) is 0 Å². The van der Waals surface area contributed by atoms with Crippen molar-refractivity contribution in [3.05, 3.63) is 45.0 Å². The van der Waals surface area contributed by atoms with Crippen molar-refractivity contribution in [2.45, 2.75) is 65.4 Å². The number of nitrogens with one attached hydrogen (secondary N) is 5. The maximum atomic E-state index is 12.9. The lowest BCUT2D eigenvalue weighted by atomic mass is 9.75. The number of hydrogen-bond donors (Lipinski definition) is 7. The molecule has 13 heteroatoms. The van der Waals surface area contributed by atoms with E-state index in [9.17, 15) is 29.8 Å². The molecule has 0 aliphatic heterocycles. The lowest BCUT2D eigenvalue weighted by Gasteiger charge is -2.24. The summed E-state index contributed by atoms with van der Waals surface area (Å²) in [5.41, 5.74) is 4.46. The molecule has 188 valence electrons. The van der Waals surface area contributed by atoms with Crippen LogP contribution in [-0.2, 0) is 16.0 Å². The van der Waals surface area contributed by atoms with Gasteiger partial charge in [-0.25, -0.2) is 10.1 Å². The van der Waals surface area contributed by atoms with Crippen LogP contribution < -0.4 is 21.4 Å². The molecule has 0 fully saturated rings. The van der Waals surface area contributed by atoms with Gasteiger partial charge < -0.3 is 26.0 Å². The van der Waals surface area contributed by atoms with Gasteiger partial charge in [-0.05, 0) is 50.2 Å². The fraction of sp³-hybridized carbons (Fsp3) is 0.571. The summed E-state index contributed by atoms with van der Waals surface area (Å²) in [6.45, 7) is 7.72. The SMILES string of the molecule is Cc1ccc(C)c(CC(=O)N[C@@H](CCCNC(=N)N[N+](=O)[O-])C(=O)N[C@@H](CC(C)C)B(O)O)c1. The van der Waals surface area contributed by atoms with E-state index in [2.05, 4.69) is 16.0 Å². The molecule has 1 rings (SSSR count). The third kappa shape index (κ3) is 11.1. The summed E-state index contributed by atoms with van der Waals surface area (Å²) in [5.74, 6) is -2.23.